The van der Waals surface area contributed by atoms with Crippen LogP contribution in [0.5, 0.6) is 0 Å². The SMILES string of the molecule is CCOC1CCN(C(=NC)NCCCCn2ccccc2=O)CC1. The van der Waals surface area contributed by atoms with Crippen molar-refractivity contribution in [3.8, 4) is 0 Å². The van der Waals surface area contributed by atoms with E-state index in [1.165, 1.54) is 0 Å². The van der Waals surface area contributed by atoms with Gasteiger partial charge >= 0.3 is 0 Å². The molecule has 0 amide bonds. The minimum absolute atomic E-state index is 0.0680. The van der Waals surface area contributed by atoms with Crippen LogP contribution in [0.4, 0.5) is 0 Å². The van der Waals surface area contributed by atoms with Crippen LogP contribution in [-0.2, 0) is 11.3 Å². The minimum atomic E-state index is 0.0680. The molecule has 0 aromatic carbocycles. The van der Waals surface area contributed by atoms with Crippen LogP contribution in [0.2, 0.25) is 0 Å². The van der Waals surface area contributed by atoms with E-state index in [1.54, 1.807) is 16.7 Å². The zero-order valence-corrected chi connectivity index (χ0v) is 14.9. The summed E-state index contributed by atoms with van der Waals surface area (Å²) in [5.41, 5.74) is 0.0680. The molecule has 0 spiro atoms. The molecule has 1 N–H and O–H groups in total. The summed E-state index contributed by atoms with van der Waals surface area (Å²) in [5.74, 6) is 0.974. The van der Waals surface area contributed by atoms with Gasteiger partial charge in [-0.3, -0.25) is 9.79 Å². The van der Waals surface area contributed by atoms with Crippen LogP contribution >= 0.6 is 0 Å². The van der Waals surface area contributed by atoms with E-state index in [1.807, 2.05) is 19.3 Å². The summed E-state index contributed by atoms with van der Waals surface area (Å²) in [6.45, 7) is 6.46. The third-order valence-corrected chi connectivity index (χ3v) is 4.36. The predicted octanol–water partition coefficient (Wildman–Crippen LogP) is 1.70. The van der Waals surface area contributed by atoms with Gasteiger partial charge in [-0.2, -0.15) is 0 Å². The van der Waals surface area contributed by atoms with E-state index >= 15 is 0 Å². The first-order valence-electron chi connectivity index (χ1n) is 8.97. The molecule has 1 saturated heterocycles. The van der Waals surface area contributed by atoms with Crippen molar-refractivity contribution in [3.63, 3.8) is 0 Å². The zero-order valence-electron chi connectivity index (χ0n) is 14.9. The first kappa shape index (κ1) is 18.5. The molecule has 0 unspecified atom stereocenters. The average molecular weight is 334 g/mol. The molecule has 0 saturated carbocycles. The Hall–Kier alpha value is -1.82. The van der Waals surface area contributed by atoms with E-state index < -0.39 is 0 Å². The van der Waals surface area contributed by atoms with Crippen LogP contribution in [0.25, 0.3) is 0 Å². The topological polar surface area (TPSA) is 58.9 Å². The van der Waals surface area contributed by atoms with Crippen molar-refractivity contribution in [2.75, 3.05) is 33.3 Å². The number of aryl methyl sites for hydroxylation is 1. The Labute approximate surface area is 144 Å². The van der Waals surface area contributed by atoms with E-state index in [2.05, 4.69) is 22.1 Å². The smallest absolute Gasteiger partial charge is 0.250 e. The molecule has 0 bridgehead atoms. The van der Waals surface area contributed by atoms with Crippen LogP contribution in [0.3, 0.4) is 0 Å². The molecule has 24 heavy (non-hydrogen) atoms. The number of nitrogens with one attached hydrogen (secondary N) is 1. The van der Waals surface area contributed by atoms with Gasteiger partial charge in [-0.1, -0.05) is 6.07 Å². The number of likely N-dealkylation sites (tertiary alicyclic amines) is 1. The Morgan fingerprint density at radius 3 is 2.79 bits per heavy atom. The maximum atomic E-state index is 11.6. The van der Waals surface area contributed by atoms with Gasteiger partial charge in [0.2, 0.25) is 5.56 Å². The van der Waals surface area contributed by atoms with Gasteiger partial charge in [0.15, 0.2) is 5.96 Å². The molecule has 0 atom stereocenters. The predicted molar refractivity (Wildman–Crippen MR) is 97.5 cm³/mol. The number of rotatable bonds is 7. The Bertz CT molecular complexity index is 562. The van der Waals surface area contributed by atoms with Crippen molar-refractivity contribution in [3.05, 3.63) is 34.7 Å². The molecule has 1 aromatic heterocycles. The fourth-order valence-electron chi connectivity index (χ4n) is 3.05. The molecule has 6 nitrogen and oxygen atoms in total. The number of pyridine rings is 1. The monoisotopic (exact) mass is 334 g/mol. The average Bonchev–Trinajstić information content (AvgIpc) is 2.61. The molecule has 1 aromatic rings. The molecule has 2 rings (SSSR count). The third kappa shape index (κ3) is 5.67. The second kappa shape index (κ2) is 10.1. The standard InChI is InChI=1S/C18H30N4O2/c1-3-24-16-9-14-22(15-10-16)18(19-2)20-11-5-7-13-21-12-6-4-8-17(21)23/h4,6,8,12,16H,3,5,7,9-11,13-15H2,1-2H3,(H,19,20). The highest BCUT2D eigenvalue weighted by atomic mass is 16.5. The maximum Gasteiger partial charge on any atom is 0.250 e. The fraction of sp³-hybridized carbons (Fsp3) is 0.667. The Morgan fingerprint density at radius 2 is 2.12 bits per heavy atom. The number of nitrogens with zero attached hydrogens (tertiary/aromatic N) is 3. The van der Waals surface area contributed by atoms with Crippen molar-refractivity contribution in [2.24, 2.45) is 4.99 Å². The normalized spacial score (nSPS) is 16.4. The number of unbranched alkanes of at least 4 members (excludes halogenated alkanes) is 1. The Morgan fingerprint density at radius 1 is 1.33 bits per heavy atom. The summed E-state index contributed by atoms with van der Waals surface area (Å²) >= 11 is 0. The Kier molecular flexibility index (Phi) is 7.82. The van der Waals surface area contributed by atoms with Crippen LogP contribution in [-0.4, -0.2) is 54.8 Å². The third-order valence-electron chi connectivity index (χ3n) is 4.36. The van der Waals surface area contributed by atoms with Gasteiger partial charge in [-0.15, -0.1) is 0 Å². The molecule has 0 aliphatic carbocycles. The molecular formula is C18H30N4O2. The van der Waals surface area contributed by atoms with Gasteiger partial charge in [-0.05, 0) is 38.7 Å². The quantitative estimate of drug-likeness (QED) is 0.468. The molecule has 6 heteroatoms. The summed E-state index contributed by atoms with van der Waals surface area (Å²) in [5, 5.41) is 3.43. The van der Waals surface area contributed by atoms with E-state index in [9.17, 15) is 4.79 Å². The highest BCUT2D eigenvalue weighted by Gasteiger charge is 2.21. The highest BCUT2D eigenvalue weighted by Crippen LogP contribution is 2.13. The summed E-state index contributed by atoms with van der Waals surface area (Å²) in [4.78, 5) is 18.3. The van der Waals surface area contributed by atoms with Crippen LogP contribution in [0, 0.1) is 0 Å². The van der Waals surface area contributed by atoms with Crippen LogP contribution in [0.1, 0.15) is 32.6 Å². The van der Waals surface area contributed by atoms with Gasteiger partial charge < -0.3 is 19.5 Å². The van der Waals surface area contributed by atoms with Crippen LogP contribution in [0.15, 0.2) is 34.2 Å². The second-order valence-electron chi connectivity index (χ2n) is 6.06. The largest absolute Gasteiger partial charge is 0.378 e. The van der Waals surface area contributed by atoms with Crippen molar-refractivity contribution in [1.82, 2.24) is 14.8 Å². The van der Waals surface area contributed by atoms with E-state index in [0.717, 1.165) is 64.4 Å². The molecule has 0 radical (unpaired) electrons. The van der Waals surface area contributed by atoms with Crippen molar-refractivity contribution in [2.45, 2.75) is 45.3 Å². The van der Waals surface area contributed by atoms with Gasteiger partial charge in [0, 0.05) is 52.1 Å². The van der Waals surface area contributed by atoms with Gasteiger partial charge in [0.05, 0.1) is 6.10 Å². The van der Waals surface area contributed by atoms with Crippen molar-refractivity contribution in [1.29, 1.82) is 0 Å². The van der Waals surface area contributed by atoms with E-state index in [4.69, 9.17) is 4.74 Å². The molecular weight excluding hydrogens is 304 g/mol. The van der Waals surface area contributed by atoms with Crippen molar-refractivity contribution >= 4 is 5.96 Å². The molecule has 134 valence electrons. The lowest BCUT2D eigenvalue weighted by molar-refractivity contribution is 0.0264. The van der Waals surface area contributed by atoms with Crippen LogP contribution < -0.4 is 10.9 Å². The first-order chi connectivity index (χ1) is 11.7. The van der Waals surface area contributed by atoms with Gasteiger partial charge in [-0.25, -0.2) is 0 Å². The number of piperidine rings is 1. The minimum Gasteiger partial charge on any atom is -0.378 e. The number of guanidine groups is 1. The lowest BCUT2D eigenvalue weighted by Crippen LogP contribution is -2.47. The zero-order chi connectivity index (χ0) is 17.2. The molecule has 1 aliphatic heterocycles. The Balaban J connectivity index is 1.65. The van der Waals surface area contributed by atoms with Crippen molar-refractivity contribution < 1.29 is 4.74 Å². The second-order valence-corrected chi connectivity index (χ2v) is 6.06. The number of aromatic nitrogens is 1. The van der Waals surface area contributed by atoms with Gasteiger partial charge in [0.1, 0.15) is 0 Å². The highest BCUT2D eigenvalue weighted by molar-refractivity contribution is 5.79. The molecule has 1 aliphatic rings. The van der Waals surface area contributed by atoms with E-state index in [0.29, 0.717) is 6.10 Å². The fourth-order valence-corrected chi connectivity index (χ4v) is 3.05. The maximum absolute atomic E-state index is 11.6. The first-order valence-corrected chi connectivity index (χ1v) is 8.97. The summed E-state index contributed by atoms with van der Waals surface area (Å²) in [6, 6.07) is 5.28. The number of aliphatic imine (C=N–C) groups is 1. The lowest BCUT2D eigenvalue weighted by atomic mass is 10.1. The number of hydrogen-bond donors (Lipinski definition) is 1. The molecule has 2 heterocycles. The summed E-state index contributed by atoms with van der Waals surface area (Å²) in [6.07, 6.45) is 6.35. The van der Waals surface area contributed by atoms with Gasteiger partial charge in [0.25, 0.3) is 0 Å². The number of ether oxygens (including phenoxy) is 1. The summed E-state index contributed by atoms with van der Waals surface area (Å²) in [7, 11) is 1.83. The number of hydrogen-bond acceptors (Lipinski definition) is 3. The molecule has 1 fully saturated rings. The summed E-state index contributed by atoms with van der Waals surface area (Å²) < 4.78 is 7.45. The van der Waals surface area contributed by atoms with E-state index in [-0.39, 0.29) is 5.56 Å². The lowest BCUT2D eigenvalue weighted by Gasteiger charge is -2.34.